The van der Waals surface area contributed by atoms with Gasteiger partial charge in [0.1, 0.15) is 5.01 Å². The van der Waals surface area contributed by atoms with E-state index >= 15 is 0 Å². The number of aromatic nitrogens is 1. The molecule has 0 spiro atoms. The van der Waals surface area contributed by atoms with E-state index in [1.165, 1.54) is 62.4 Å². The van der Waals surface area contributed by atoms with Crippen molar-refractivity contribution in [3.05, 3.63) is 16.1 Å². The van der Waals surface area contributed by atoms with Crippen LogP contribution in [0, 0.1) is 0 Å². The van der Waals surface area contributed by atoms with Gasteiger partial charge in [0.05, 0.1) is 12.2 Å². The number of thiazole rings is 1. The van der Waals surface area contributed by atoms with Crippen LogP contribution in [-0.2, 0) is 6.54 Å². The second-order valence-electron chi connectivity index (χ2n) is 7.98. The summed E-state index contributed by atoms with van der Waals surface area (Å²) in [7, 11) is 1.86. The highest BCUT2D eigenvalue weighted by Crippen LogP contribution is 2.34. The molecule has 152 valence electrons. The summed E-state index contributed by atoms with van der Waals surface area (Å²) in [6.45, 7) is 8.58. The third-order valence-electron chi connectivity index (χ3n) is 5.84. The van der Waals surface area contributed by atoms with Crippen molar-refractivity contribution in [3.8, 4) is 0 Å². The number of hydrogen-bond acceptors (Lipinski definition) is 5. The van der Waals surface area contributed by atoms with Gasteiger partial charge in [0, 0.05) is 49.1 Å². The first kappa shape index (κ1) is 20.9. The lowest BCUT2D eigenvalue weighted by molar-refractivity contribution is 0.0626. The standard InChI is InChI=1S/C20H35N5S2/c1-16(2)17-14-27-18(24-17)13-22-19(21-3)23-15-20(7-5-4-6-8-20)25-9-11-26-12-10-25/h14,16H,4-13,15H2,1-3H3,(H2,21,22,23). The van der Waals surface area contributed by atoms with Crippen molar-refractivity contribution in [3.63, 3.8) is 0 Å². The summed E-state index contributed by atoms with van der Waals surface area (Å²) in [6, 6.07) is 0. The molecule has 1 saturated heterocycles. The minimum atomic E-state index is 0.308. The third kappa shape index (κ3) is 5.61. The summed E-state index contributed by atoms with van der Waals surface area (Å²) in [5.41, 5.74) is 1.49. The van der Waals surface area contributed by atoms with E-state index in [0.717, 1.165) is 24.1 Å². The van der Waals surface area contributed by atoms with Gasteiger partial charge in [0.25, 0.3) is 0 Å². The van der Waals surface area contributed by atoms with Gasteiger partial charge < -0.3 is 10.6 Å². The molecule has 2 fully saturated rings. The highest BCUT2D eigenvalue weighted by molar-refractivity contribution is 7.99. The first-order valence-corrected chi connectivity index (χ1v) is 12.4. The number of rotatable bonds is 6. The average Bonchev–Trinajstić information content (AvgIpc) is 3.19. The monoisotopic (exact) mass is 409 g/mol. The minimum absolute atomic E-state index is 0.308. The second-order valence-corrected chi connectivity index (χ2v) is 10.2. The van der Waals surface area contributed by atoms with Gasteiger partial charge in [-0.2, -0.15) is 11.8 Å². The number of thioether (sulfide) groups is 1. The van der Waals surface area contributed by atoms with Crippen LogP contribution in [0.15, 0.2) is 10.4 Å². The Labute approximate surface area is 172 Å². The Kier molecular flexibility index (Phi) is 7.85. The van der Waals surface area contributed by atoms with Crippen molar-refractivity contribution < 1.29 is 0 Å². The lowest BCUT2D eigenvalue weighted by Crippen LogP contribution is -2.59. The van der Waals surface area contributed by atoms with Gasteiger partial charge in [-0.05, 0) is 18.8 Å². The van der Waals surface area contributed by atoms with Gasteiger partial charge in [-0.15, -0.1) is 11.3 Å². The molecule has 0 bridgehead atoms. The highest BCUT2D eigenvalue weighted by atomic mass is 32.2. The maximum Gasteiger partial charge on any atom is 0.191 e. The fourth-order valence-corrected chi connectivity index (χ4v) is 5.95. The molecule has 5 nitrogen and oxygen atoms in total. The first-order chi connectivity index (χ1) is 13.1. The van der Waals surface area contributed by atoms with Gasteiger partial charge in [-0.1, -0.05) is 33.1 Å². The van der Waals surface area contributed by atoms with Crippen LogP contribution in [-0.4, -0.2) is 59.6 Å². The van der Waals surface area contributed by atoms with E-state index in [1.54, 1.807) is 11.3 Å². The van der Waals surface area contributed by atoms with Gasteiger partial charge in [0.2, 0.25) is 0 Å². The number of aliphatic imine (C=N–C) groups is 1. The van der Waals surface area contributed by atoms with E-state index in [1.807, 2.05) is 7.05 Å². The molecule has 3 rings (SSSR count). The Morgan fingerprint density at radius 2 is 1.96 bits per heavy atom. The number of guanidine groups is 1. The van der Waals surface area contributed by atoms with Gasteiger partial charge >= 0.3 is 0 Å². The average molecular weight is 410 g/mol. The van der Waals surface area contributed by atoms with Crippen molar-refractivity contribution in [2.45, 2.75) is 64.0 Å². The zero-order valence-electron chi connectivity index (χ0n) is 17.1. The molecule has 7 heteroatoms. The van der Waals surface area contributed by atoms with Crippen LogP contribution in [0.4, 0.5) is 0 Å². The predicted molar refractivity (Wildman–Crippen MR) is 119 cm³/mol. The fraction of sp³-hybridized carbons (Fsp3) is 0.800. The summed E-state index contributed by atoms with van der Waals surface area (Å²) in [5, 5.41) is 10.4. The molecular weight excluding hydrogens is 374 g/mol. The number of hydrogen-bond donors (Lipinski definition) is 2. The third-order valence-corrected chi connectivity index (χ3v) is 7.65. The maximum absolute atomic E-state index is 4.72. The second kappa shape index (κ2) is 10.1. The van der Waals surface area contributed by atoms with Gasteiger partial charge in [-0.3, -0.25) is 9.89 Å². The lowest BCUT2D eigenvalue weighted by Gasteiger charge is -2.48. The summed E-state index contributed by atoms with van der Waals surface area (Å²) in [6.07, 6.45) is 6.72. The number of nitrogens with one attached hydrogen (secondary N) is 2. The SMILES string of the molecule is CN=C(NCc1nc(C(C)C)cs1)NCC1(N2CCSCC2)CCCCC1. The summed E-state index contributed by atoms with van der Waals surface area (Å²) < 4.78 is 0. The van der Waals surface area contributed by atoms with Crippen molar-refractivity contribution in [2.75, 3.05) is 38.2 Å². The Morgan fingerprint density at radius 3 is 2.59 bits per heavy atom. The molecule has 1 aromatic heterocycles. The molecule has 0 aromatic carbocycles. The minimum Gasteiger partial charge on any atom is -0.355 e. The maximum atomic E-state index is 4.72. The molecule has 0 unspecified atom stereocenters. The quantitative estimate of drug-likeness (QED) is 0.554. The van der Waals surface area contributed by atoms with Crippen LogP contribution in [0.5, 0.6) is 0 Å². The zero-order chi connectivity index (χ0) is 19.1. The van der Waals surface area contributed by atoms with Crippen molar-refractivity contribution in [1.29, 1.82) is 0 Å². The summed E-state index contributed by atoms with van der Waals surface area (Å²) >= 11 is 3.83. The first-order valence-electron chi connectivity index (χ1n) is 10.3. The van der Waals surface area contributed by atoms with Crippen LogP contribution < -0.4 is 10.6 Å². The van der Waals surface area contributed by atoms with E-state index in [-0.39, 0.29) is 0 Å². The molecule has 2 aliphatic rings. The summed E-state index contributed by atoms with van der Waals surface area (Å²) in [4.78, 5) is 11.9. The van der Waals surface area contributed by atoms with Crippen LogP contribution >= 0.6 is 23.1 Å². The van der Waals surface area contributed by atoms with Crippen molar-refractivity contribution in [2.24, 2.45) is 4.99 Å². The summed E-state index contributed by atoms with van der Waals surface area (Å²) in [5.74, 6) is 3.93. The smallest absolute Gasteiger partial charge is 0.191 e. The Hall–Kier alpha value is -0.790. The predicted octanol–water partition coefficient (Wildman–Crippen LogP) is 3.68. The Morgan fingerprint density at radius 1 is 1.22 bits per heavy atom. The zero-order valence-corrected chi connectivity index (χ0v) is 18.7. The van der Waals surface area contributed by atoms with Crippen LogP contribution in [0.1, 0.15) is 62.6 Å². The Bertz CT molecular complexity index is 601. The topological polar surface area (TPSA) is 52.6 Å². The van der Waals surface area contributed by atoms with E-state index in [9.17, 15) is 0 Å². The van der Waals surface area contributed by atoms with Crippen LogP contribution in [0.25, 0.3) is 0 Å². The molecule has 2 heterocycles. The molecule has 0 atom stereocenters. The normalized spacial score (nSPS) is 21.4. The Balaban J connectivity index is 1.55. The van der Waals surface area contributed by atoms with Gasteiger partial charge in [-0.25, -0.2) is 4.98 Å². The molecule has 0 radical (unpaired) electrons. The molecule has 1 saturated carbocycles. The largest absolute Gasteiger partial charge is 0.355 e. The van der Waals surface area contributed by atoms with Crippen molar-refractivity contribution >= 4 is 29.1 Å². The number of nitrogens with zero attached hydrogens (tertiary/aromatic N) is 3. The van der Waals surface area contributed by atoms with Crippen LogP contribution in [0.2, 0.25) is 0 Å². The van der Waals surface area contributed by atoms with Crippen molar-refractivity contribution in [1.82, 2.24) is 20.5 Å². The molecule has 2 N–H and O–H groups in total. The molecule has 1 aromatic rings. The molecule has 1 aliphatic carbocycles. The molecule has 1 aliphatic heterocycles. The lowest BCUT2D eigenvalue weighted by atomic mass is 9.80. The van der Waals surface area contributed by atoms with E-state index in [4.69, 9.17) is 4.98 Å². The molecule has 0 amide bonds. The molecular formula is C20H35N5S2. The highest BCUT2D eigenvalue weighted by Gasteiger charge is 2.38. The van der Waals surface area contributed by atoms with E-state index in [0.29, 0.717) is 11.5 Å². The van der Waals surface area contributed by atoms with Gasteiger partial charge in [0.15, 0.2) is 5.96 Å². The molecule has 27 heavy (non-hydrogen) atoms. The van der Waals surface area contributed by atoms with E-state index < -0.39 is 0 Å². The van der Waals surface area contributed by atoms with Crippen LogP contribution in [0.3, 0.4) is 0 Å². The fourth-order valence-electron chi connectivity index (χ4n) is 4.15. The van der Waals surface area contributed by atoms with E-state index in [2.05, 4.69) is 51.5 Å².